The van der Waals surface area contributed by atoms with Gasteiger partial charge in [0.2, 0.25) is 0 Å². The van der Waals surface area contributed by atoms with Gasteiger partial charge in [-0.15, -0.1) is 16.4 Å². The number of hydrogen-bond acceptors (Lipinski definition) is 6. The molecule has 0 unspecified atom stereocenters. The summed E-state index contributed by atoms with van der Waals surface area (Å²) >= 11 is 9.14. The maximum absolute atomic E-state index is 11.7. The van der Waals surface area contributed by atoms with Crippen LogP contribution in [0.3, 0.4) is 0 Å². The Morgan fingerprint density at radius 3 is 3.14 bits per heavy atom. The number of aromatic amines is 1. The van der Waals surface area contributed by atoms with Crippen molar-refractivity contribution in [3.8, 4) is 0 Å². The monoisotopic (exact) mass is 339 g/mol. The lowest BCUT2D eigenvalue weighted by Crippen LogP contribution is -2.16. The third kappa shape index (κ3) is 2.47. The van der Waals surface area contributed by atoms with Gasteiger partial charge >= 0.3 is 5.69 Å². The highest BCUT2D eigenvalue weighted by Gasteiger charge is 2.28. The third-order valence-electron chi connectivity index (χ3n) is 3.24. The van der Waals surface area contributed by atoms with Crippen LogP contribution >= 0.6 is 34.7 Å². The minimum Gasteiger partial charge on any atom is -0.267 e. The fourth-order valence-corrected chi connectivity index (χ4v) is 4.06. The summed E-state index contributed by atoms with van der Waals surface area (Å²) in [5.41, 5.74) is -0.146. The molecule has 1 saturated carbocycles. The first-order valence-electron chi connectivity index (χ1n) is 6.41. The van der Waals surface area contributed by atoms with Gasteiger partial charge < -0.3 is 0 Å². The van der Waals surface area contributed by atoms with Crippen molar-refractivity contribution in [1.29, 1.82) is 0 Å². The van der Waals surface area contributed by atoms with Crippen LogP contribution in [0.4, 0.5) is 0 Å². The summed E-state index contributed by atoms with van der Waals surface area (Å²) in [5, 5.41) is 10.6. The Balaban J connectivity index is 1.59. The van der Waals surface area contributed by atoms with E-state index < -0.39 is 0 Å². The average molecular weight is 340 g/mol. The number of thioether (sulfide) groups is 1. The highest BCUT2D eigenvalue weighted by Crippen LogP contribution is 2.36. The maximum atomic E-state index is 11.7. The molecule has 0 radical (unpaired) electrons. The van der Waals surface area contributed by atoms with Crippen molar-refractivity contribution in [1.82, 2.24) is 24.7 Å². The van der Waals surface area contributed by atoms with Crippen molar-refractivity contribution in [2.75, 3.05) is 0 Å². The summed E-state index contributed by atoms with van der Waals surface area (Å²) in [6.45, 7) is 0. The molecule has 6 nitrogen and oxygen atoms in total. The number of nitrogens with zero attached hydrogens (tertiary/aromatic N) is 4. The van der Waals surface area contributed by atoms with Gasteiger partial charge in [-0.05, 0) is 24.3 Å². The summed E-state index contributed by atoms with van der Waals surface area (Å²) < 4.78 is 1.72. The number of nitrogens with one attached hydrogen (secondary N) is 1. The van der Waals surface area contributed by atoms with Crippen molar-refractivity contribution in [2.45, 2.75) is 29.8 Å². The smallest absolute Gasteiger partial charge is 0.267 e. The second-order valence-corrected chi connectivity index (χ2v) is 6.97. The van der Waals surface area contributed by atoms with Gasteiger partial charge in [0, 0.05) is 11.4 Å². The molecule has 1 aliphatic rings. The minimum atomic E-state index is -0.146. The number of fused-ring (bicyclic) bond motifs is 1. The summed E-state index contributed by atoms with van der Waals surface area (Å²) in [4.78, 5) is 21.4. The second kappa shape index (κ2) is 5.11. The lowest BCUT2D eigenvalue weighted by atomic mass is 10.4. The number of thiophene rings is 1. The Morgan fingerprint density at radius 1 is 1.48 bits per heavy atom. The van der Waals surface area contributed by atoms with Crippen molar-refractivity contribution < 1.29 is 0 Å². The van der Waals surface area contributed by atoms with E-state index >= 15 is 0 Å². The molecular formula is C12H10ClN5OS2. The van der Waals surface area contributed by atoms with Gasteiger partial charge in [-0.2, -0.15) is 0 Å². The molecule has 1 aliphatic carbocycles. The van der Waals surface area contributed by atoms with Gasteiger partial charge in [0.1, 0.15) is 15.8 Å². The van der Waals surface area contributed by atoms with E-state index in [1.165, 1.54) is 23.1 Å². The SMILES string of the molecule is O=c1[nH]nc(SCc2nc(Cl)c3ccsc3n2)n1C1CC1. The van der Waals surface area contributed by atoms with E-state index in [9.17, 15) is 4.79 Å². The Kier molecular flexibility index (Phi) is 3.24. The summed E-state index contributed by atoms with van der Waals surface area (Å²) in [7, 11) is 0. The van der Waals surface area contributed by atoms with Crippen molar-refractivity contribution in [3.05, 3.63) is 32.9 Å². The van der Waals surface area contributed by atoms with Gasteiger partial charge in [0.05, 0.1) is 5.75 Å². The van der Waals surface area contributed by atoms with E-state index in [1.807, 2.05) is 11.4 Å². The number of aromatic nitrogens is 5. The fourth-order valence-electron chi connectivity index (χ4n) is 2.10. The zero-order valence-corrected chi connectivity index (χ0v) is 13.1. The lowest BCUT2D eigenvalue weighted by Gasteiger charge is -2.03. The van der Waals surface area contributed by atoms with Crippen LogP contribution < -0.4 is 5.69 Å². The molecule has 9 heteroatoms. The normalized spacial score (nSPS) is 14.9. The summed E-state index contributed by atoms with van der Waals surface area (Å²) in [6.07, 6.45) is 2.08. The molecule has 0 atom stereocenters. The molecule has 0 bridgehead atoms. The molecular weight excluding hydrogens is 330 g/mol. The van der Waals surface area contributed by atoms with Crippen molar-refractivity contribution >= 4 is 44.9 Å². The Labute approximate surface area is 132 Å². The standard InChI is InChI=1S/C12H10ClN5OS2/c13-9-7-3-4-20-10(7)15-8(14-9)5-21-12-17-16-11(19)18(12)6-1-2-6/h3-4,6H,1-2,5H2,(H,16,19). The topological polar surface area (TPSA) is 76.5 Å². The van der Waals surface area contributed by atoms with E-state index in [2.05, 4.69) is 20.2 Å². The van der Waals surface area contributed by atoms with Gasteiger partial charge in [-0.25, -0.2) is 19.9 Å². The minimum absolute atomic E-state index is 0.146. The molecule has 0 spiro atoms. The molecule has 21 heavy (non-hydrogen) atoms. The van der Waals surface area contributed by atoms with Gasteiger partial charge in [-0.3, -0.25) is 4.57 Å². The molecule has 0 amide bonds. The van der Waals surface area contributed by atoms with Crippen LogP contribution in [0.15, 0.2) is 21.4 Å². The Bertz CT molecular complexity index is 866. The molecule has 1 fully saturated rings. The highest BCUT2D eigenvalue weighted by atomic mass is 35.5. The fraction of sp³-hybridized carbons (Fsp3) is 0.333. The van der Waals surface area contributed by atoms with Crippen LogP contribution in [0.5, 0.6) is 0 Å². The predicted octanol–water partition coefficient (Wildman–Crippen LogP) is 2.86. The largest absolute Gasteiger partial charge is 0.344 e. The van der Waals surface area contributed by atoms with Crippen LogP contribution in [0.25, 0.3) is 10.2 Å². The summed E-state index contributed by atoms with van der Waals surface area (Å²) in [5.74, 6) is 1.18. The maximum Gasteiger partial charge on any atom is 0.344 e. The van der Waals surface area contributed by atoms with E-state index in [-0.39, 0.29) is 5.69 Å². The van der Waals surface area contributed by atoms with Crippen LogP contribution in [0.1, 0.15) is 24.7 Å². The lowest BCUT2D eigenvalue weighted by molar-refractivity contribution is 0.642. The molecule has 0 saturated heterocycles. The number of H-pyrrole nitrogens is 1. The van der Waals surface area contributed by atoms with Gasteiger partial charge in [0.15, 0.2) is 5.16 Å². The quantitative estimate of drug-likeness (QED) is 0.584. The first-order chi connectivity index (χ1) is 10.2. The summed E-state index contributed by atoms with van der Waals surface area (Å²) in [6, 6.07) is 2.21. The zero-order valence-electron chi connectivity index (χ0n) is 10.7. The van der Waals surface area contributed by atoms with Crippen LogP contribution in [-0.2, 0) is 5.75 Å². The van der Waals surface area contributed by atoms with E-state index in [1.54, 1.807) is 4.57 Å². The number of halogens is 1. The average Bonchev–Trinajstić information content (AvgIpc) is 3.05. The van der Waals surface area contributed by atoms with E-state index in [0.29, 0.717) is 27.9 Å². The number of rotatable bonds is 4. The van der Waals surface area contributed by atoms with Gasteiger partial charge in [-0.1, -0.05) is 23.4 Å². The second-order valence-electron chi connectivity index (χ2n) is 4.77. The van der Waals surface area contributed by atoms with Gasteiger partial charge in [0.25, 0.3) is 0 Å². The molecule has 108 valence electrons. The molecule has 1 N–H and O–H groups in total. The van der Waals surface area contributed by atoms with Crippen LogP contribution in [0.2, 0.25) is 5.15 Å². The molecule has 4 rings (SSSR count). The number of hydrogen-bond donors (Lipinski definition) is 1. The molecule has 0 aromatic carbocycles. The molecule has 3 aromatic rings. The first kappa shape index (κ1) is 13.3. The predicted molar refractivity (Wildman–Crippen MR) is 83.1 cm³/mol. The van der Waals surface area contributed by atoms with E-state index in [4.69, 9.17) is 11.6 Å². The zero-order chi connectivity index (χ0) is 14.4. The van der Waals surface area contributed by atoms with E-state index in [0.717, 1.165) is 23.1 Å². The third-order valence-corrected chi connectivity index (χ3v) is 5.28. The molecule has 3 heterocycles. The van der Waals surface area contributed by atoms with Crippen LogP contribution in [0, 0.1) is 0 Å². The van der Waals surface area contributed by atoms with Crippen molar-refractivity contribution in [2.24, 2.45) is 0 Å². The first-order valence-corrected chi connectivity index (χ1v) is 8.66. The Hall–Kier alpha value is -1.38. The Morgan fingerprint density at radius 2 is 2.33 bits per heavy atom. The molecule has 3 aromatic heterocycles. The van der Waals surface area contributed by atoms with Crippen molar-refractivity contribution in [3.63, 3.8) is 0 Å². The molecule has 0 aliphatic heterocycles. The highest BCUT2D eigenvalue weighted by molar-refractivity contribution is 7.98. The van der Waals surface area contributed by atoms with Crippen LogP contribution in [-0.4, -0.2) is 24.7 Å².